The highest BCUT2D eigenvalue weighted by Gasteiger charge is 2.23. The summed E-state index contributed by atoms with van der Waals surface area (Å²) in [4.78, 5) is 0. The number of hydrogen-bond acceptors (Lipinski definition) is 4. The first-order chi connectivity index (χ1) is 10.2. The summed E-state index contributed by atoms with van der Waals surface area (Å²) in [7, 11) is -2.96. The van der Waals surface area contributed by atoms with Gasteiger partial charge in [-0.2, -0.15) is 0 Å². The quantitative estimate of drug-likeness (QED) is 0.874. The third-order valence-corrected chi connectivity index (χ3v) is 4.95. The molecule has 0 spiro atoms. The van der Waals surface area contributed by atoms with E-state index in [-0.39, 0.29) is 23.9 Å². The maximum Gasteiger partial charge on any atom is 0.148 e. The standard InChI is InChI=1S/C17H27NO3S/c1-12(2)21-15-9-8-14-6-5-7-17(16(14)10-15)18-13(3)11-22(4,19)20/h8-10,12-13,17-18H,5-7,11H2,1-4H3/t13-,17-/m1/s1. The molecule has 22 heavy (non-hydrogen) atoms. The number of ether oxygens (including phenoxy) is 1. The lowest BCUT2D eigenvalue weighted by molar-refractivity contribution is 0.241. The van der Waals surface area contributed by atoms with Crippen molar-refractivity contribution in [3.63, 3.8) is 0 Å². The molecular weight excluding hydrogens is 298 g/mol. The summed E-state index contributed by atoms with van der Waals surface area (Å²) in [5.41, 5.74) is 2.59. The van der Waals surface area contributed by atoms with Gasteiger partial charge in [-0.25, -0.2) is 8.42 Å². The largest absolute Gasteiger partial charge is 0.491 e. The fourth-order valence-electron chi connectivity index (χ4n) is 3.14. The van der Waals surface area contributed by atoms with Crippen molar-refractivity contribution in [2.24, 2.45) is 0 Å². The second kappa shape index (κ2) is 7.01. The highest BCUT2D eigenvalue weighted by molar-refractivity contribution is 7.90. The number of benzene rings is 1. The summed E-state index contributed by atoms with van der Waals surface area (Å²) < 4.78 is 28.7. The summed E-state index contributed by atoms with van der Waals surface area (Å²) >= 11 is 0. The first-order valence-corrected chi connectivity index (χ1v) is 10.0. The molecule has 0 fully saturated rings. The first-order valence-electron chi connectivity index (χ1n) is 7.98. The Morgan fingerprint density at radius 1 is 1.32 bits per heavy atom. The number of hydrogen-bond donors (Lipinski definition) is 1. The molecule has 0 heterocycles. The van der Waals surface area contributed by atoms with Gasteiger partial charge in [-0.15, -0.1) is 0 Å². The molecule has 1 aliphatic rings. The van der Waals surface area contributed by atoms with E-state index in [1.54, 1.807) is 0 Å². The summed E-state index contributed by atoms with van der Waals surface area (Å²) in [5, 5.41) is 3.48. The molecule has 2 rings (SSSR count). The van der Waals surface area contributed by atoms with Crippen LogP contribution in [0.2, 0.25) is 0 Å². The van der Waals surface area contributed by atoms with Crippen LogP contribution in [0.5, 0.6) is 5.75 Å². The molecule has 0 radical (unpaired) electrons. The fraction of sp³-hybridized carbons (Fsp3) is 0.647. The molecule has 0 aliphatic heterocycles. The number of fused-ring (bicyclic) bond motifs is 1. The number of sulfone groups is 1. The highest BCUT2D eigenvalue weighted by Crippen LogP contribution is 2.33. The summed E-state index contributed by atoms with van der Waals surface area (Å²) in [6, 6.07) is 6.43. The molecule has 0 bridgehead atoms. The Morgan fingerprint density at radius 2 is 2.05 bits per heavy atom. The number of nitrogens with one attached hydrogen (secondary N) is 1. The van der Waals surface area contributed by atoms with Gasteiger partial charge in [0.25, 0.3) is 0 Å². The van der Waals surface area contributed by atoms with Crippen LogP contribution in [0, 0.1) is 0 Å². The molecule has 0 aromatic heterocycles. The average molecular weight is 325 g/mol. The maximum absolute atomic E-state index is 11.4. The monoisotopic (exact) mass is 325 g/mol. The zero-order valence-electron chi connectivity index (χ0n) is 13.9. The molecule has 1 aromatic rings. The van der Waals surface area contributed by atoms with E-state index in [1.165, 1.54) is 17.4 Å². The SMILES string of the molecule is CC(C)Oc1ccc2c(c1)[C@H](N[C@H](C)CS(C)(=O)=O)CCC2. The van der Waals surface area contributed by atoms with E-state index >= 15 is 0 Å². The lowest BCUT2D eigenvalue weighted by atomic mass is 9.87. The van der Waals surface area contributed by atoms with Crippen molar-refractivity contribution in [2.75, 3.05) is 12.0 Å². The highest BCUT2D eigenvalue weighted by atomic mass is 32.2. The molecule has 0 unspecified atom stereocenters. The van der Waals surface area contributed by atoms with Gasteiger partial charge in [-0.05, 0) is 63.3 Å². The van der Waals surface area contributed by atoms with Crippen molar-refractivity contribution in [3.8, 4) is 5.75 Å². The van der Waals surface area contributed by atoms with E-state index in [0.717, 1.165) is 25.0 Å². The van der Waals surface area contributed by atoms with Crippen molar-refractivity contribution < 1.29 is 13.2 Å². The number of aryl methyl sites for hydroxylation is 1. The molecule has 1 aliphatic carbocycles. The molecule has 1 N–H and O–H groups in total. The zero-order valence-corrected chi connectivity index (χ0v) is 14.7. The Balaban J connectivity index is 2.15. The van der Waals surface area contributed by atoms with Crippen LogP contribution in [-0.4, -0.2) is 32.6 Å². The molecular formula is C17H27NO3S. The lowest BCUT2D eigenvalue weighted by Gasteiger charge is -2.29. The Hall–Kier alpha value is -1.07. The Labute approximate surface area is 134 Å². The van der Waals surface area contributed by atoms with Gasteiger partial charge in [-0.3, -0.25) is 0 Å². The Bertz CT molecular complexity index is 610. The minimum absolute atomic E-state index is 0.0550. The maximum atomic E-state index is 11.4. The van der Waals surface area contributed by atoms with Gasteiger partial charge in [0.2, 0.25) is 0 Å². The van der Waals surface area contributed by atoms with E-state index in [4.69, 9.17) is 4.74 Å². The van der Waals surface area contributed by atoms with Crippen LogP contribution >= 0.6 is 0 Å². The van der Waals surface area contributed by atoms with Gasteiger partial charge in [0.1, 0.15) is 15.6 Å². The van der Waals surface area contributed by atoms with Gasteiger partial charge in [-0.1, -0.05) is 6.07 Å². The minimum atomic E-state index is -2.96. The normalized spacial score (nSPS) is 19.8. The number of rotatable bonds is 6. The van der Waals surface area contributed by atoms with E-state index < -0.39 is 9.84 Å². The third kappa shape index (κ3) is 4.99. The average Bonchev–Trinajstić information content (AvgIpc) is 2.36. The molecule has 2 atom stereocenters. The van der Waals surface area contributed by atoms with Crippen LogP contribution in [-0.2, 0) is 16.3 Å². The van der Waals surface area contributed by atoms with Crippen LogP contribution < -0.4 is 10.1 Å². The second-order valence-corrected chi connectivity index (χ2v) is 8.82. The zero-order chi connectivity index (χ0) is 16.3. The molecule has 5 heteroatoms. The van der Waals surface area contributed by atoms with E-state index in [1.807, 2.05) is 26.8 Å². The Kier molecular flexibility index (Phi) is 5.50. The molecule has 1 aromatic carbocycles. The van der Waals surface area contributed by atoms with Gasteiger partial charge in [0, 0.05) is 18.3 Å². The van der Waals surface area contributed by atoms with Crippen LogP contribution in [0.1, 0.15) is 50.8 Å². The van der Waals surface area contributed by atoms with Crippen molar-refractivity contribution in [1.82, 2.24) is 5.32 Å². The van der Waals surface area contributed by atoms with E-state index in [0.29, 0.717) is 0 Å². The van der Waals surface area contributed by atoms with Gasteiger partial charge in [0.05, 0.1) is 11.9 Å². The minimum Gasteiger partial charge on any atom is -0.491 e. The van der Waals surface area contributed by atoms with E-state index in [9.17, 15) is 8.42 Å². The molecule has 0 amide bonds. The molecule has 4 nitrogen and oxygen atoms in total. The van der Waals surface area contributed by atoms with Crippen LogP contribution in [0.25, 0.3) is 0 Å². The molecule has 124 valence electrons. The predicted molar refractivity (Wildman–Crippen MR) is 90.2 cm³/mol. The Morgan fingerprint density at radius 3 is 2.68 bits per heavy atom. The summed E-state index contributed by atoms with van der Waals surface area (Å²) in [6.07, 6.45) is 4.68. The van der Waals surface area contributed by atoms with Crippen molar-refractivity contribution in [1.29, 1.82) is 0 Å². The lowest BCUT2D eigenvalue weighted by Crippen LogP contribution is -2.37. The van der Waals surface area contributed by atoms with Gasteiger partial charge >= 0.3 is 0 Å². The third-order valence-electron chi connectivity index (χ3n) is 3.84. The first kappa shape index (κ1) is 17.3. The van der Waals surface area contributed by atoms with Crippen LogP contribution in [0.4, 0.5) is 0 Å². The summed E-state index contributed by atoms with van der Waals surface area (Å²) in [5.74, 6) is 1.05. The molecule has 0 saturated heterocycles. The van der Waals surface area contributed by atoms with Gasteiger partial charge < -0.3 is 10.1 Å². The van der Waals surface area contributed by atoms with Crippen molar-refractivity contribution in [2.45, 2.75) is 58.2 Å². The van der Waals surface area contributed by atoms with Crippen molar-refractivity contribution in [3.05, 3.63) is 29.3 Å². The van der Waals surface area contributed by atoms with Crippen LogP contribution in [0.3, 0.4) is 0 Å². The molecule has 0 saturated carbocycles. The summed E-state index contributed by atoms with van der Waals surface area (Å²) in [6.45, 7) is 5.97. The van der Waals surface area contributed by atoms with Gasteiger partial charge in [0.15, 0.2) is 0 Å². The van der Waals surface area contributed by atoms with Crippen molar-refractivity contribution >= 4 is 9.84 Å². The topological polar surface area (TPSA) is 55.4 Å². The fourth-order valence-corrected chi connectivity index (χ4v) is 4.15. The van der Waals surface area contributed by atoms with E-state index in [2.05, 4.69) is 17.4 Å². The smallest absolute Gasteiger partial charge is 0.148 e. The predicted octanol–water partition coefficient (Wildman–Crippen LogP) is 2.87. The second-order valence-electron chi connectivity index (χ2n) is 6.63. The van der Waals surface area contributed by atoms with Crippen LogP contribution in [0.15, 0.2) is 18.2 Å².